The van der Waals surface area contributed by atoms with E-state index in [1.165, 1.54) is 12.0 Å². The molecule has 64 valence electrons. The largest absolute Gasteiger partial charge is 0.300 e. The predicted octanol–water partition coefficient (Wildman–Crippen LogP) is 3.10. The number of ketones is 1. The average molecular weight is 154 g/mol. The van der Waals surface area contributed by atoms with Crippen molar-refractivity contribution in [3.63, 3.8) is 0 Å². The second kappa shape index (κ2) is 6.14. The summed E-state index contributed by atoms with van der Waals surface area (Å²) in [5.41, 5.74) is 1.35. The van der Waals surface area contributed by atoms with Gasteiger partial charge in [0.1, 0.15) is 5.78 Å². The van der Waals surface area contributed by atoms with E-state index in [0.29, 0.717) is 6.42 Å². The maximum Gasteiger partial charge on any atom is 0.130 e. The average Bonchev–Trinajstić information content (AvgIpc) is 1.97. The molecule has 0 amide bonds. The van der Waals surface area contributed by atoms with Crippen LogP contribution >= 0.6 is 0 Å². The fourth-order valence-electron chi connectivity index (χ4n) is 0.866. The van der Waals surface area contributed by atoms with Crippen LogP contribution < -0.4 is 0 Å². The Bertz CT molecular complexity index is 145. The van der Waals surface area contributed by atoms with Gasteiger partial charge in [0.25, 0.3) is 0 Å². The van der Waals surface area contributed by atoms with Gasteiger partial charge in [-0.15, -0.1) is 0 Å². The molecule has 0 atom stereocenters. The zero-order valence-electron chi connectivity index (χ0n) is 7.81. The molecule has 0 fully saturated rings. The van der Waals surface area contributed by atoms with Crippen molar-refractivity contribution in [2.75, 3.05) is 0 Å². The van der Waals surface area contributed by atoms with E-state index in [2.05, 4.69) is 19.9 Å². The van der Waals surface area contributed by atoms with Crippen molar-refractivity contribution in [1.29, 1.82) is 0 Å². The Labute approximate surface area is 69.5 Å². The Morgan fingerprint density at radius 2 is 1.91 bits per heavy atom. The minimum absolute atomic E-state index is 0.286. The van der Waals surface area contributed by atoms with Gasteiger partial charge in [0, 0.05) is 6.42 Å². The Balaban J connectivity index is 3.50. The van der Waals surface area contributed by atoms with Crippen molar-refractivity contribution in [2.24, 2.45) is 0 Å². The predicted molar refractivity (Wildman–Crippen MR) is 48.6 cm³/mol. The van der Waals surface area contributed by atoms with Crippen LogP contribution in [0.4, 0.5) is 0 Å². The topological polar surface area (TPSA) is 17.1 Å². The summed E-state index contributed by atoms with van der Waals surface area (Å²) in [5.74, 6) is 0.286. The molecular weight excluding hydrogens is 136 g/mol. The molecule has 0 radical (unpaired) electrons. The van der Waals surface area contributed by atoms with Crippen LogP contribution in [0.1, 0.15) is 46.5 Å². The lowest BCUT2D eigenvalue weighted by Crippen LogP contribution is -1.89. The normalized spacial score (nSPS) is 11.7. The molecule has 11 heavy (non-hydrogen) atoms. The summed E-state index contributed by atoms with van der Waals surface area (Å²) < 4.78 is 0. The molecule has 0 aromatic rings. The van der Waals surface area contributed by atoms with E-state index >= 15 is 0 Å². The number of rotatable bonds is 5. The van der Waals surface area contributed by atoms with Crippen LogP contribution in [0, 0.1) is 0 Å². The number of allylic oxidation sites excluding steroid dienone is 2. The van der Waals surface area contributed by atoms with Gasteiger partial charge in [-0.05, 0) is 26.7 Å². The van der Waals surface area contributed by atoms with E-state index in [9.17, 15) is 4.79 Å². The highest BCUT2D eigenvalue weighted by Gasteiger charge is 1.93. The van der Waals surface area contributed by atoms with Gasteiger partial charge >= 0.3 is 0 Å². The van der Waals surface area contributed by atoms with Crippen molar-refractivity contribution >= 4 is 5.78 Å². The minimum atomic E-state index is 0.286. The molecular formula is C10H18O. The molecule has 0 saturated carbocycles. The zero-order chi connectivity index (χ0) is 8.69. The van der Waals surface area contributed by atoms with Gasteiger partial charge in [0.15, 0.2) is 0 Å². The number of carbonyl (C=O) groups is 1. The van der Waals surface area contributed by atoms with Gasteiger partial charge in [-0.3, -0.25) is 0 Å². The van der Waals surface area contributed by atoms with Crippen molar-refractivity contribution in [3.8, 4) is 0 Å². The van der Waals surface area contributed by atoms with Crippen molar-refractivity contribution in [2.45, 2.75) is 46.5 Å². The smallest absolute Gasteiger partial charge is 0.130 e. The quantitative estimate of drug-likeness (QED) is 0.556. The summed E-state index contributed by atoms with van der Waals surface area (Å²) >= 11 is 0. The number of unbranched alkanes of at least 4 members (excludes halogenated alkanes) is 1. The number of carbonyl (C=O) groups excluding carboxylic acids is 1. The molecule has 0 bridgehead atoms. The molecule has 0 N–H and O–H groups in total. The molecule has 1 nitrogen and oxygen atoms in total. The molecule has 1 heteroatoms. The molecule has 0 heterocycles. The fraction of sp³-hybridized carbons (Fsp3) is 0.700. The van der Waals surface area contributed by atoms with E-state index in [-0.39, 0.29) is 5.78 Å². The lowest BCUT2D eigenvalue weighted by molar-refractivity contribution is -0.116. The van der Waals surface area contributed by atoms with E-state index in [0.717, 1.165) is 12.8 Å². The Kier molecular flexibility index (Phi) is 5.81. The molecule has 0 aliphatic heterocycles. The molecule has 0 rings (SSSR count). The molecule has 0 aromatic heterocycles. The van der Waals surface area contributed by atoms with Gasteiger partial charge < -0.3 is 4.79 Å². The van der Waals surface area contributed by atoms with Crippen molar-refractivity contribution in [1.82, 2.24) is 0 Å². The van der Waals surface area contributed by atoms with Gasteiger partial charge in [-0.2, -0.15) is 0 Å². The highest BCUT2D eigenvalue weighted by molar-refractivity contribution is 5.75. The van der Waals surface area contributed by atoms with Gasteiger partial charge in [0.05, 0.1) is 0 Å². The van der Waals surface area contributed by atoms with Crippen LogP contribution in [-0.4, -0.2) is 5.78 Å². The lowest BCUT2D eigenvalue weighted by atomic mass is 10.1. The third-order valence-electron chi connectivity index (χ3n) is 1.65. The Morgan fingerprint density at radius 3 is 2.36 bits per heavy atom. The summed E-state index contributed by atoms with van der Waals surface area (Å²) in [6.07, 6.45) is 6.20. The summed E-state index contributed by atoms with van der Waals surface area (Å²) in [6.45, 7) is 5.90. The third-order valence-corrected chi connectivity index (χ3v) is 1.65. The minimum Gasteiger partial charge on any atom is -0.300 e. The third kappa shape index (κ3) is 7.31. The molecule has 0 spiro atoms. The number of hydrogen-bond acceptors (Lipinski definition) is 1. The second-order valence-electron chi connectivity index (χ2n) is 3.04. The van der Waals surface area contributed by atoms with Crippen molar-refractivity contribution in [3.05, 3.63) is 11.6 Å². The zero-order valence-corrected chi connectivity index (χ0v) is 7.81. The van der Waals surface area contributed by atoms with Gasteiger partial charge in [-0.25, -0.2) is 0 Å². The Morgan fingerprint density at radius 1 is 1.27 bits per heavy atom. The molecule has 0 unspecified atom stereocenters. The first-order chi connectivity index (χ1) is 5.16. The fourth-order valence-corrected chi connectivity index (χ4v) is 0.866. The van der Waals surface area contributed by atoms with E-state index in [1.54, 1.807) is 6.92 Å². The second-order valence-corrected chi connectivity index (χ2v) is 3.04. The number of Topliss-reactive ketones (excluding diaryl/α,β-unsaturated/α-hetero) is 1. The van der Waals surface area contributed by atoms with Gasteiger partial charge in [0.2, 0.25) is 0 Å². The van der Waals surface area contributed by atoms with Crippen molar-refractivity contribution < 1.29 is 4.79 Å². The van der Waals surface area contributed by atoms with Gasteiger partial charge in [-0.1, -0.05) is 25.0 Å². The number of hydrogen-bond donors (Lipinski definition) is 0. The SMILES string of the molecule is CCCC=C(C)CCC(C)=O. The first-order valence-electron chi connectivity index (χ1n) is 4.32. The Hall–Kier alpha value is -0.590. The first kappa shape index (κ1) is 10.4. The lowest BCUT2D eigenvalue weighted by Gasteiger charge is -1.97. The van der Waals surface area contributed by atoms with Crippen LogP contribution in [0.15, 0.2) is 11.6 Å². The highest BCUT2D eigenvalue weighted by Crippen LogP contribution is 2.06. The maximum absolute atomic E-state index is 10.6. The van der Waals surface area contributed by atoms with E-state index in [1.807, 2.05) is 0 Å². The summed E-state index contributed by atoms with van der Waals surface area (Å²) in [7, 11) is 0. The molecule has 0 aliphatic rings. The maximum atomic E-state index is 10.6. The van der Waals surface area contributed by atoms with Crippen LogP contribution in [-0.2, 0) is 4.79 Å². The van der Waals surface area contributed by atoms with Crippen LogP contribution in [0.2, 0.25) is 0 Å². The molecule has 0 saturated heterocycles. The molecule has 0 aliphatic carbocycles. The first-order valence-corrected chi connectivity index (χ1v) is 4.32. The van der Waals surface area contributed by atoms with Crippen LogP contribution in [0.5, 0.6) is 0 Å². The highest BCUT2D eigenvalue weighted by atomic mass is 16.1. The molecule has 0 aromatic carbocycles. The van der Waals surface area contributed by atoms with Crippen LogP contribution in [0.25, 0.3) is 0 Å². The van der Waals surface area contributed by atoms with E-state index in [4.69, 9.17) is 0 Å². The standard InChI is InChI=1S/C10H18O/c1-4-5-6-9(2)7-8-10(3)11/h6H,4-5,7-8H2,1-3H3. The van der Waals surface area contributed by atoms with E-state index < -0.39 is 0 Å². The monoisotopic (exact) mass is 154 g/mol. The summed E-state index contributed by atoms with van der Waals surface area (Å²) in [5, 5.41) is 0. The summed E-state index contributed by atoms with van der Waals surface area (Å²) in [4.78, 5) is 10.6. The summed E-state index contributed by atoms with van der Waals surface area (Å²) in [6, 6.07) is 0. The van der Waals surface area contributed by atoms with Crippen LogP contribution in [0.3, 0.4) is 0 Å².